The summed E-state index contributed by atoms with van der Waals surface area (Å²) < 4.78 is 2.78. The van der Waals surface area contributed by atoms with Crippen LogP contribution < -0.4 is 0 Å². The van der Waals surface area contributed by atoms with Crippen LogP contribution in [0.1, 0.15) is 6.42 Å². The molecule has 1 heterocycles. The average molecular weight is 231 g/mol. The third-order valence-corrected chi connectivity index (χ3v) is 1.93. The molecule has 0 amide bonds. The summed E-state index contributed by atoms with van der Waals surface area (Å²) in [6.07, 6.45) is 4.40. The summed E-state index contributed by atoms with van der Waals surface area (Å²) in [6, 6.07) is 0. The minimum atomic E-state index is 0.0580. The van der Waals surface area contributed by atoms with Gasteiger partial charge in [0.15, 0.2) is 0 Å². The van der Waals surface area contributed by atoms with Crippen molar-refractivity contribution in [3.8, 4) is 0 Å². The van der Waals surface area contributed by atoms with Gasteiger partial charge in [0.1, 0.15) is 0 Å². The number of rotatable bonds is 4. The van der Waals surface area contributed by atoms with E-state index in [0.717, 1.165) is 23.0 Å². The lowest BCUT2D eigenvalue weighted by molar-refractivity contribution is 0.324. The van der Waals surface area contributed by atoms with Crippen LogP contribution in [0.15, 0.2) is 29.0 Å². The van der Waals surface area contributed by atoms with Gasteiger partial charge >= 0.3 is 0 Å². The molecule has 0 atom stereocenters. The Morgan fingerprint density at radius 1 is 1.75 bits per heavy atom. The largest absolute Gasteiger partial charge is 0.392 e. The third kappa shape index (κ3) is 2.79. The molecule has 3 nitrogen and oxygen atoms in total. The van der Waals surface area contributed by atoms with E-state index in [9.17, 15) is 0 Å². The topological polar surface area (TPSA) is 38.0 Å². The zero-order valence-electron chi connectivity index (χ0n) is 6.70. The van der Waals surface area contributed by atoms with Gasteiger partial charge in [0.2, 0.25) is 0 Å². The minimum absolute atomic E-state index is 0.0580. The molecule has 1 N–H and O–H groups in total. The van der Waals surface area contributed by atoms with Crippen molar-refractivity contribution in [2.24, 2.45) is 0 Å². The van der Waals surface area contributed by atoms with Crippen molar-refractivity contribution in [2.75, 3.05) is 6.61 Å². The first-order chi connectivity index (χ1) is 5.72. The van der Waals surface area contributed by atoms with Crippen LogP contribution in [-0.2, 0) is 6.54 Å². The highest BCUT2D eigenvalue weighted by atomic mass is 79.9. The maximum absolute atomic E-state index is 8.68. The van der Waals surface area contributed by atoms with E-state index < -0.39 is 0 Å². The van der Waals surface area contributed by atoms with E-state index in [1.54, 1.807) is 6.20 Å². The fourth-order valence-corrected chi connectivity index (χ4v) is 1.14. The van der Waals surface area contributed by atoms with Crippen molar-refractivity contribution in [1.29, 1.82) is 0 Å². The Hall–Kier alpha value is -0.610. The summed E-state index contributed by atoms with van der Waals surface area (Å²) in [5.74, 6) is 0. The molecule has 0 fully saturated rings. The standard InChI is InChI=1S/C8H11BrN2O/c1-7(6-12)2-3-11-5-8(9)4-10-11/h4-5,12H,1-3,6H2. The number of nitrogens with zero attached hydrogens (tertiary/aromatic N) is 2. The van der Waals surface area contributed by atoms with E-state index in [-0.39, 0.29) is 6.61 Å². The van der Waals surface area contributed by atoms with E-state index in [1.807, 2.05) is 10.9 Å². The van der Waals surface area contributed by atoms with Gasteiger partial charge in [0.05, 0.1) is 17.3 Å². The summed E-state index contributed by atoms with van der Waals surface area (Å²) >= 11 is 3.30. The number of aromatic nitrogens is 2. The molecule has 4 heteroatoms. The number of aliphatic hydroxyl groups is 1. The molecule has 66 valence electrons. The number of halogens is 1. The lowest BCUT2D eigenvalue weighted by Crippen LogP contribution is -2.00. The van der Waals surface area contributed by atoms with Gasteiger partial charge < -0.3 is 5.11 Å². The van der Waals surface area contributed by atoms with Crippen molar-refractivity contribution < 1.29 is 5.11 Å². The second kappa shape index (κ2) is 4.42. The summed E-state index contributed by atoms with van der Waals surface area (Å²) in [7, 11) is 0. The zero-order valence-corrected chi connectivity index (χ0v) is 8.29. The fourth-order valence-electron chi connectivity index (χ4n) is 0.812. The molecule has 0 saturated carbocycles. The van der Waals surface area contributed by atoms with E-state index in [0.29, 0.717) is 0 Å². The van der Waals surface area contributed by atoms with Crippen molar-refractivity contribution in [3.63, 3.8) is 0 Å². The third-order valence-electron chi connectivity index (χ3n) is 1.52. The van der Waals surface area contributed by atoms with Crippen molar-refractivity contribution in [1.82, 2.24) is 9.78 Å². The summed E-state index contributed by atoms with van der Waals surface area (Å²) in [6.45, 7) is 4.52. The molecule has 0 aliphatic heterocycles. The maximum atomic E-state index is 8.68. The highest BCUT2D eigenvalue weighted by Gasteiger charge is 1.96. The molecule has 1 rings (SSSR count). The van der Waals surface area contributed by atoms with Crippen molar-refractivity contribution in [3.05, 3.63) is 29.0 Å². The molecular weight excluding hydrogens is 220 g/mol. The van der Waals surface area contributed by atoms with Crippen LogP contribution in [0.5, 0.6) is 0 Å². The zero-order chi connectivity index (χ0) is 8.97. The Morgan fingerprint density at radius 2 is 2.50 bits per heavy atom. The van der Waals surface area contributed by atoms with Gasteiger partial charge in [0, 0.05) is 12.7 Å². The number of hydrogen-bond donors (Lipinski definition) is 1. The van der Waals surface area contributed by atoms with Crippen LogP contribution in [0.4, 0.5) is 0 Å². The van der Waals surface area contributed by atoms with Crippen molar-refractivity contribution in [2.45, 2.75) is 13.0 Å². The van der Waals surface area contributed by atoms with E-state index in [2.05, 4.69) is 27.6 Å². The van der Waals surface area contributed by atoms with Crippen LogP contribution >= 0.6 is 15.9 Å². The first-order valence-electron chi connectivity index (χ1n) is 3.68. The number of aryl methyl sites for hydroxylation is 1. The molecule has 12 heavy (non-hydrogen) atoms. The first-order valence-corrected chi connectivity index (χ1v) is 4.47. The molecule has 0 radical (unpaired) electrons. The van der Waals surface area contributed by atoms with Gasteiger partial charge in [-0.25, -0.2) is 0 Å². The molecule has 0 bridgehead atoms. The Bertz CT molecular complexity index is 270. The molecule has 0 aromatic carbocycles. The monoisotopic (exact) mass is 230 g/mol. The van der Waals surface area contributed by atoms with Gasteiger partial charge in [-0.2, -0.15) is 5.10 Å². The Labute approximate surface area is 79.8 Å². The van der Waals surface area contributed by atoms with Gasteiger partial charge in [0.25, 0.3) is 0 Å². The first kappa shape index (κ1) is 9.48. The van der Waals surface area contributed by atoms with Crippen LogP contribution in [-0.4, -0.2) is 21.5 Å². The minimum Gasteiger partial charge on any atom is -0.392 e. The van der Waals surface area contributed by atoms with Crippen molar-refractivity contribution >= 4 is 15.9 Å². The fraction of sp³-hybridized carbons (Fsp3) is 0.375. The van der Waals surface area contributed by atoms with Gasteiger partial charge in [-0.3, -0.25) is 4.68 Å². The molecular formula is C8H11BrN2O. The maximum Gasteiger partial charge on any atom is 0.0639 e. The van der Waals surface area contributed by atoms with Crippen LogP contribution in [0.25, 0.3) is 0 Å². The predicted octanol–water partition coefficient (Wildman–Crippen LogP) is 1.58. The lowest BCUT2D eigenvalue weighted by Gasteiger charge is -2.01. The molecule has 1 aromatic heterocycles. The average Bonchev–Trinajstić information content (AvgIpc) is 2.47. The number of aliphatic hydroxyl groups excluding tert-OH is 1. The molecule has 0 unspecified atom stereocenters. The molecule has 0 saturated heterocycles. The Kier molecular flexibility index (Phi) is 3.49. The molecule has 0 aliphatic carbocycles. The Morgan fingerprint density at radius 3 is 3.00 bits per heavy atom. The summed E-state index contributed by atoms with van der Waals surface area (Å²) in [5.41, 5.74) is 0.835. The second-order valence-electron chi connectivity index (χ2n) is 2.58. The number of hydrogen-bond acceptors (Lipinski definition) is 2. The quantitative estimate of drug-likeness (QED) is 0.799. The highest BCUT2D eigenvalue weighted by Crippen LogP contribution is 2.07. The van der Waals surface area contributed by atoms with Gasteiger partial charge in [-0.1, -0.05) is 12.2 Å². The Balaban J connectivity index is 2.38. The van der Waals surface area contributed by atoms with E-state index in [4.69, 9.17) is 5.11 Å². The normalized spacial score (nSPS) is 10.2. The van der Waals surface area contributed by atoms with Crippen LogP contribution in [0, 0.1) is 0 Å². The van der Waals surface area contributed by atoms with Gasteiger partial charge in [-0.15, -0.1) is 0 Å². The second-order valence-corrected chi connectivity index (χ2v) is 3.50. The summed E-state index contributed by atoms with van der Waals surface area (Å²) in [4.78, 5) is 0. The SMILES string of the molecule is C=C(CO)CCn1cc(Br)cn1. The molecule has 1 aromatic rings. The smallest absolute Gasteiger partial charge is 0.0639 e. The molecule has 0 spiro atoms. The lowest BCUT2D eigenvalue weighted by atomic mass is 10.2. The van der Waals surface area contributed by atoms with Crippen LogP contribution in [0.3, 0.4) is 0 Å². The van der Waals surface area contributed by atoms with Crippen LogP contribution in [0.2, 0.25) is 0 Å². The molecule has 0 aliphatic rings. The van der Waals surface area contributed by atoms with Gasteiger partial charge in [-0.05, 0) is 22.4 Å². The van der Waals surface area contributed by atoms with E-state index >= 15 is 0 Å². The predicted molar refractivity (Wildman–Crippen MR) is 50.8 cm³/mol. The van der Waals surface area contributed by atoms with E-state index in [1.165, 1.54) is 0 Å². The summed E-state index contributed by atoms with van der Waals surface area (Å²) in [5, 5.41) is 12.7. The highest BCUT2D eigenvalue weighted by molar-refractivity contribution is 9.10.